The first-order valence-electron chi connectivity index (χ1n) is 10.8. The maximum Gasteiger partial charge on any atom is 0.128 e. The zero-order chi connectivity index (χ0) is 20.9. The molecule has 0 radical (unpaired) electrons. The Hall–Kier alpha value is -1.80. The lowest BCUT2D eigenvalue weighted by molar-refractivity contribution is -0.927. The zero-order valence-electron chi connectivity index (χ0n) is 19.0. The number of rotatable bonds is 7. The maximum atomic E-state index is 11.1. The molecule has 0 fully saturated rings. The van der Waals surface area contributed by atoms with Crippen LogP contribution >= 0.6 is 0 Å². The number of unbranched alkanes of at least 4 members (excludes halogenated alkanes) is 1. The molecule has 0 heterocycles. The van der Waals surface area contributed by atoms with E-state index < -0.39 is 0 Å². The van der Waals surface area contributed by atoms with Gasteiger partial charge in [-0.05, 0) is 28.9 Å². The van der Waals surface area contributed by atoms with E-state index in [1.807, 2.05) is 0 Å². The predicted molar refractivity (Wildman–Crippen MR) is 120 cm³/mol. The molecule has 2 rings (SSSR count). The van der Waals surface area contributed by atoms with Crippen molar-refractivity contribution in [3.63, 3.8) is 0 Å². The van der Waals surface area contributed by atoms with Crippen molar-refractivity contribution >= 4 is 0 Å². The van der Waals surface area contributed by atoms with Crippen molar-refractivity contribution in [3.8, 4) is 5.75 Å². The SMILES string of the molecule is CCCC[NH+](Cc1ccccc1)Cc1cc(C(C)(C)C)cc(C(C)(C)C)c1O. The molecule has 1 atom stereocenters. The Morgan fingerprint density at radius 2 is 1.50 bits per heavy atom. The molecule has 0 bridgehead atoms. The number of hydrogen-bond donors (Lipinski definition) is 2. The number of aromatic hydroxyl groups is 1. The van der Waals surface area contributed by atoms with Crippen LogP contribution in [0.3, 0.4) is 0 Å². The molecule has 0 aliphatic heterocycles. The van der Waals surface area contributed by atoms with Crippen LogP contribution in [0.5, 0.6) is 5.75 Å². The van der Waals surface area contributed by atoms with E-state index in [1.54, 1.807) is 0 Å². The van der Waals surface area contributed by atoms with Crippen molar-refractivity contribution in [1.82, 2.24) is 0 Å². The van der Waals surface area contributed by atoms with Crippen LogP contribution in [0.25, 0.3) is 0 Å². The van der Waals surface area contributed by atoms with Crippen LogP contribution in [0.1, 0.15) is 83.6 Å². The van der Waals surface area contributed by atoms with E-state index in [4.69, 9.17) is 0 Å². The van der Waals surface area contributed by atoms with Gasteiger partial charge in [-0.2, -0.15) is 0 Å². The molecule has 0 amide bonds. The Morgan fingerprint density at radius 1 is 0.857 bits per heavy atom. The predicted octanol–water partition coefficient (Wildman–Crippen LogP) is 5.37. The molecular formula is C26H40NO+. The van der Waals surface area contributed by atoms with Gasteiger partial charge in [0, 0.05) is 16.7 Å². The number of quaternary nitrogens is 1. The van der Waals surface area contributed by atoms with Crippen LogP contribution < -0.4 is 4.90 Å². The highest BCUT2D eigenvalue weighted by Crippen LogP contribution is 2.37. The van der Waals surface area contributed by atoms with Crippen molar-refractivity contribution in [2.45, 2.75) is 85.2 Å². The lowest BCUT2D eigenvalue weighted by Crippen LogP contribution is -3.09. The molecule has 0 saturated heterocycles. The van der Waals surface area contributed by atoms with E-state index in [9.17, 15) is 5.11 Å². The summed E-state index contributed by atoms with van der Waals surface area (Å²) in [6, 6.07) is 15.2. The second kappa shape index (κ2) is 9.13. The molecule has 2 heteroatoms. The standard InChI is InChI=1S/C26H39NO/c1-8-9-15-27(18-20-13-11-10-12-14-20)19-21-16-22(25(2,3)4)17-23(24(21)28)26(5,6)7/h10-14,16-17,28H,8-9,15,18-19H2,1-7H3/p+1. The van der Waals surface area contributed by atoms with Gasteiger partial charge in [-0.1, -0.05) is 91.3 Å². The van der Waals surface area contributed by atoms with Gasteiger partial charge >= 0.3 is 0 Å². The second-order valence-electron chi connectivity index (χ2n) is 10.2. The maximum absolute atomic E-state index is 11.1. The number of phenols is 1. The van der Waals surface area contributed by atoms with Gasteiger partial charge in [0.05, 0.1) is 6.54 Å². The van der Waals surface area contributed by atoms with E-state index in [0.29, 0.717) is 5.75 Å². The minimum Gasteiger partial charge on any atom is -0.507 e. The first-order chi connectivity index (χ1) is 13.0. The summed E-state index contributed by atoms with van der Waals surface area (Å²) in [4.78, 5) is 1.51. The van der Waals surface area contributed by atoms with Crippen molar-refractivity contribution in [2.24, 2.45) is 0 Å². The van der Waals surface area contributed by atoms with Crippen LogP contribution in [-0.4, -0.2) is 11.7 Å². The summed E-state index contributed by atoms with van der Waals surface area (Å²) in [5.74, 6) is 0.488. The van der Waals surface area contributed by atoms with Gasteiger partial charge in [0.25, 0.3) is 0 Å². The third-order valence-electron chi connectivity index (χ3n) is 5.48. The Bertz CT molecular complexity index is 750. The van der Waals surface area contributed by atoms with Gasteiger partial charge in [0.15, 0.2) is 0 Å². The molecule has 2 aromatic carbocycles. The summed E-state index contributed by atoms with van der Waals surface area (Å²) >= 11 is 0. The minimum absolute atomic E-state index is 0.0610. The van der Waals surface area contributed by atoms with Crippen molar-refractivity contribution in [1.29, 1.82) is 0 Å². The molecule has 2 aromatic rings. The second-order valence-corrected chi connectivity index (χ2v) is 10.2. The number of phenolic OH excluding ortho intramolecular Hbond substituents is 1. The van der Waals surface area contributed by atoms with Gasteiger partial charge in [-0.25, -0.2) is 0 Å². The summed E-state index contributed by atoms with van der Waals surface area (Å²) in [6.45, 7) is 18.5. The highest BCUT2D eigenvalue weighted by Gasteiger charge is 2.26. The molecule has 1 unspecified atom stereocenters. The van der Waals surface area contributed by atoms with Crippen LogP contribution in [0.2, 0.25) is 0 Å². The van der Waals surface area contributed by atoms with E-state index >= 15 is 0 Å². The summed E-state index contributed by atoms with van der Waals surface area (Å²) in [5.41, 5.74) is 4.79. The first kappa shape index (κ1) is 22.5. The Kier molecular flexibility index (Phi) is 7.33. The molecule has 0 spiro atoms. The van der Waals surface area contributed by atoms with Crippen molar-refractivity contribution in [2.75, 3.05) is 6.54 Å². The van der Waals surface area contributed by atoms with E-state index in [-0.39, 0.29) is 10.8 Å². The lowest BCUT2D eigenvalue weighted by Gasteiger charge is -2.28. The summed E-state index contributed by atoms with van der Waals surface area (Å²) in [6.07, 6.45) is 2.40. The van der Waals surface area contributed by atoms with Crippen LogP contribution in [0.4, 0.5) is 0 Å². The van der Waals surface area contributed by atoms with Crippen molar-refractivity contribution in [3.05, 3.63) is 64.7 Å². The summed E-state index contributed by atoms with van der Waals surface area (Å²) in [5, 5.41) is 11.1. The minimum atomic E-state index is -0.0803. The van der Waals surface area contributed by atoms with Crippen molar-refractivity contribution < 1.29 is 10.0 Å². The van der Waals surface area contributed by atoms with Gasteiger partial charge < -0.3 is 10.0 Å². The molecule has 2 N–H and O–H groups in total. The highest BCUT2D eigenvalue weighted by molar-refractivity contribution is 5.48. The van der Waals surface area contributed by atoms with Gasteiger partial charge in [-0.15, -0.1) is 0 Å². The topological polar surface area (TPSA) is 24.7 Å². The van der Waals surface area contributed by atoms with Crippen LogP contribution in [0, 0.1) is 0 Å². The fraction of sp³-hybridized carbons (Fsp3) is 0.538. The monoisotopic (exact) mass is 382 g/mol. The van der Waals surface area contributed by atoms with Gasteiger partial charge in [-0.3, -0.25) is 0 Å². The van der Waals surface area contributed by atoms with Crippen LogP contribution in [0.15, 0.2) is 42.5 Å². The molecule has 0 aliphatic carbocycles. The Morgan fingerprint density at radius 3 is 2.04 bits per heavy atom. The molecule has 0 aliphatic rings. The van der Waals surface area contributed by atoms with Gasteiger partial charge in [0.2, 0.25) is 0 Å². The smallest absolute Gasteiger partial charge is 0.128 e. The molecule has 2 nitrogen and oxygen atoms in total. The Labute approximate surface area is 172 Å². The highest BCUT2D eigenvalue weighted by atomic mass is 16.3. The average Bonchev–Trinajstić information content (AvgIpc) is 2.60. The van der Waals surface area contributed by atoms with E-state index in [2.05, 4.69) is 90.9 Å². The number of nitrogens with one attached hydrogen (secondary N) is 1. The summed E-state index contributed by atoms with van der Waals surface area (Å²) in [7, 11) is 0. The van der Waals surface area contributed by atoms with E-state index in [0.717, 1.165) is 30.8 Å². The largest absolute Gasteiger partial charge is 0.507 e. The fourth-order valence-electron chi connectivity index (χ4n) is 3.65. The number of hydrogen-bond acceptors (Lipinski definition) is 1. The Balaban J connectivity index is 2.41. The third-order valence-corrected chi connectivity index (χ3v) is 5.48. The first-order valence-corrected chi connectivity index (χ1v) is 10.8. The fourth-order valence-corrected chi connectivity index (χ4v) is 3.65. The van der Waals surface area contributed by atoms with Crippen LogP contribution in [-0.2, 0) is 23.9 Å². The van der Waals surface area contributed by atoms with Gasteiger partial charge in [0.1, 0.15) is 18.8 Å². The van der Waals surface area contributed by atoms with E-state index in [1.165, 1.54) is 28.9 Å². The third kappa shape index (κ3) is 6.10. The molecule has 154 valence electrons. The normalized spacial score (nSPS) is 13.5. The summed E-state index contributed by atoms with van der Waals surface area (Å²) < 4.78 is 0. The quantitative estimate of drug-likeness (QED) is 0.661. The molecule has 28 heavy (non-hydrogen) atoms. The number of benzene rings is 2. The average molecular weight is 383 g/mol. The molecule has 0 saturated carbocycles. The lowest BCUT2D eigenvalue weighted by atomic mass is 9.79. The molecule has 0 aromatic heterocycles. The zero-order valence-corrected chi connectivity index (χ0v) is 19.0. The molecular weight excluding hydrogens is 342 g/mol.